The predicted molar refractivity (Wildman–Crippen MR) is 91.2 cm³/mol. The number of nitrogens with one attached hydrogen (secondary N) is 1. The van der Waals surface area contributed by atoms with Gasteiger partial charge in [0.05, 0.1) is 18.1 Å². The van der Waals surface area contributed by atoms with Gasteiger partial charge in [0.1, 0.15) is 11.4 Å². The summed E-state index contributed by atoms with van der Waals surface area (Å²) in [7, 11) is 0. The summed E-state index contributed by atoms with van der Waals surface area (Å²) in [6.07, 6.45) is 6.27. The lowest BCUT2D eigenvalue weighted by atomic mass is 10.2. The number of aryl methyl sites for hydroxylation is 2. The summed E-state index contributed by atoms with van der Waals surface area (Å²) in [6.45, 7) is 3.98. The largest absolute Gasteiger partial charge is 0.437 e. The first-order chi connectivity index (χ1) is 12.1. The van der Waals surface area contributed by atoms with E-state index in [1.807, 2.05) is 32.0 Å². The van der Waals surface area contributed by atoms with Gasteiger partial charge in [0, 0.05) is 30.2 Å². The van der Waals surface area contributed by atoms with Crippen LogP contribution < -0.4 is 10.1 Å². The first-order valence-corrected chi connectivity index (χ1v) is 7.73. The maximum atomic E-state index is 12.2. The highest BCUT2D eigenvalue weighted by molar-refractivity contribution is 5.91. The number of carbonyl (C=O) groups is 1. The zero-order valence-electron chi connectivity index (χ0n) is 13.9. The highest BCUT2D eigenvalue weighted by atomic mass is 16.5. The fourth-order valence-electron chi connectivity index (χ4n) is 2.05. The molecule has 0 aliphatic rings. The van der Waals surface area contributed by atoms with E-state index >= 15 is 0 Å². The van der Waals surface area contributed by atoms with Crippen LogP contribution >= 0.6 is 0 Å². The van der Waals surface area contributed by atoms with Crippen LogP contribution in [-0.4, -0.2) is 25.8 Å². The first-order valence-electron chi connectivity index (χ1n) is 7.73. The minimum absolute atomic E-state index is 0.261. The van der Waals surface area contributed by atoms with Crippen LogP contribution in [0, 0.1) is 13.8 Å². The molecule has 3 rings (SSSR count). The van der Waals surface area contributed by atoms with Crippen LogP contribution in [0.5, 0.6) is 11.6 Å². The third-order valence-electron chi connectivity index (χ3n) is 3.40. The second-order valence-electron chi connectivity index (χ2n) is 5.43. The molecule has 0 aliphatic heterocycles. The van der Waals surface area contributed by atoms with Crippen molar-refractivity contribution in [1.82, 2.24) is 25.3 Å². The molecule has 25 heavy (non-hydrogen) atoms. The van der Waals surface area contributed by atoms with E-state index in [0.717, 1.165) is 17.0 Å². The smallest absolute Gasteiger partial charge is 0.271 e. The minimum atomic E-state index is -0.306. The van der Waals surface area contributed by atoms with E-state index in [9.17, 15) is 4.79 Å². The molecule has 7 heteroatoms. The molecule has 0 atom stereocenters. The monoisotopic (exact) mass is 335 g/mol. The number of nitrogens with zero attached hydrogens (tertiary/aromatic N) is 4. The van der Waals surface area contributed by atoms with Gasteiger partial charge in [0.25, 0.3) is 5.91 Å². The van der Waals surface area contributed by atoms with Crippen LogP contribution in [0.3, 0.4) is 0 Å². The Morgan fingerprint density at radius 2 is 1.84 bits per heavy atom. The van der Waals surface area contributed by atoms with Gasteiger partial charge in [-0.15, -0.1) is 0 Å². The number of rotatable bonds is 5. The molecule has 0 bridgehead atoms. The Balaban J connectivity index is 1.69. The van der Waals surface area contributed by atoms with Crippen molar-refractivity contribution in [2.75, 3.05) is 0 Å². The van der Waals surface area contributed by atoms with Gasteiger partial charge in [-0.2, -0.15) is 0 Å². The molecule has 0 unspecified atom stereocenters. The van der Waals surface area contributed by atoms with Crippen molar-refractivity contribution >= 4 is 5.91 Å². The predicted octanol–water partition coefficient (Wildman–Crippen LogP) is 2.61. The van der Waals surface area contributed by atoms with E-state index in [2.05, 4.69) is 25.3 Å². The highest BCUT2D eigenvalue weighted by Gasteiger charge is 2.11. The van der Waals surface area contributed by atoms with Crippen LogP contribution in [0.2, 0.25) is 0 Å². The normalized spacial score (nSPS) is 10.3. The van der Waals surface area contributed by atoms with Crippen LogP contribution in [0.15, 0.2) is 49.1 Å². The average Bonchev–Trinajstić information content (AvgIpc) is 2.63. The Bertz CT molecular complexity index is 863. The molecular weight excluding hydrogens is 318 g/mol. The van der Waals surface area contributed by atoms with Gasteiger partial charge in [-0.25, -0.2) is 9.97 Å². The Morgan fingerprint density at radius 3 is 2.56 bits per heavy atom. The van der Waals surface area contributed by atoms with Crippen molar-refractivity contribution in [3.8, 4) is 11.6 Å². The quantitative estimate of drug-likeness (QED) is 0.771. The SMILES string of the molecule is Cc1ccc(Oc2ncccc2CNC(=O)c2cnc(C)cn2)cn1. The topological polar surface area (TPSA) is 89.9 Å². The maximum absolute atomic E-state index is 12.2. The summed E-state index contributed by atoms with van der Waals surface area (Å²) >= 11 is 0. The van der Waals surface area contributed by atoms with E-state index < -0.39 is 0 Å². The zero-order chi connectivity index (χ0) is 17.6. The summed E-state index contributed by atoms with van der Waals surface area (Å²) < 4.78 is 5.77. The molecule has 0 aliphatic carbocycles. The van der Waals surface area contributed by atoms with E-state index in [1.165, 1.54) is 6.20 Å². The second-order valence-corrected chi connectivity index (χ2v) is 5.43. The molecule has 126 valence electrons. The summed E-state index contributed by atoms with van der Waals surface area (Å²) in [4.78, 5) is 28.7. The van der Waals surface area contributed by atoms with Gasteiger partial charge < -0.3 is 10.1 Å². The number of amides is 1. The third-order valence-corrected chi connectivity index (χ3v) is 3.40. The molecule has 0 spiro atoms. The van der Waals surface area contributed by atoms with E-state index in [-0.39, 0.29) is 18.1 Å². The number of hydrogen-bond donors (Lipinski definition) is 1. The third kappa shape index (κ3) is 4.35. The van der Waals surface area contributed by atoms with Gasteiger partial charge >= 0.3 is 0 Å². The molecule has 7 nitrogen and oxygen atoms in total. The van der Waals surface area contributed by atoms with Crippen LogP contribution in [0.25, 0.3) is 0 Å². The molecule has 3 aromatic rings. The van der Waals surface area contributed by atoms with Gasteiger partial charge in [-0.3, -0.25) is 14.8 Å². The van der Waals surface area contributed by atoms with Crippen LogP contribution in [0.1, 0.15) is 27.4 Å². The van der Waals surface area contributed by atoms with Gasteiger partial charge in [0.2, 0.25) is 5.88 Å². The molecule has 1 amide bonds. The number of hydrogen-bond acceptors (Lipinski definition) is 6. The fraction of sp³-hybridized carbons (Fsp3) is 0.167. The minimum Gasteiger partial charge on any atom is -0.437 e. The van der Waals surface area contributed by atoms with Gasteiger partial charge in [-0.05, 0) is 32.0 Å². The Labute approximate surface area is 145 Å². The number of pyridine rings is 2. The van der Waals surface area contributed by atoms with Gasteiger partial charge in [0.15, 0.2) is 0 Å². The Morgan fingerprint density at radius 1 is 1.00 bits per heavy atom. The van der Waals surface area contributed by atoms with Crippen molar-refractivity contribution < 1.29 is 9.53 Å². The van der Waals surface area contributed by atoms with E-state index in [4.69, 9.17) is 4.74 Å². The maximum Gasteiger partial charge on any atom is 0.271 e. The number of aromatic nitrogens is 4. The molecule has 0 radical (unpaired) electrons. The molecular formula is C18H17N5O2. The standard InChI is InChI=1S/C18H17N5O2/c1-12-5-6-15(10-20-12)25-18-14(4-3-7-19-18)9-23-17(24)16-11-21-13(2)8-22-16/h3-8,10-11H,9H2,1-2H3,(H,23,24). The second kappa shape index (κ2) is 7.48. The zero-order valence-corrected chi connectivity index (χ0v) is 13.9. The summed E-state index contributed by atoms with van der Waals surface area (Å²) in [5.74, 6) is 0.698. The first kappa shape index (κ1) is 16.5. The van der Waals surface area contributed by atoms with Gasteiger partial charge in [-0.1, -0.05) is 6.07 Å². The molecule has 3 aromatic heterocycles. The number of ether oxygens (including phenoxy) is 1. The molecule has 1 N–H and O–H groups in total. The lowest BCUT2D eigenvalue weighted by Gasteiger charge is -2.10. The molecule has 0 fully saturated rings. The molecule has 0 saturated carbocycles. The summed E-state index contributed by atoms with van der Waals surface area (Å²) in [6, 6.07) is 7.30. The van der Waals surface area contributed by atoms with Crippen LogP contribution in [-0.2, 0) is 6.54 Å². The molecule has 0 aromatic carbocycles. The molecule has 0 saturated heterocycles. The van der Waals surface area contributed by atoms with E-state index in [1.54, 1.807) is 24.7 Å². The van der Waals surface area contributed by atoms with Crippen LogP contribution in [0.4, 0.5) is 0 Å². The lowest BCUT2D eigenvalue weighted by Crippen LogP contribution is -2.24. The highest BCUT2D eigenvalue weighted by Crippen LogP contribution is 2.22. The number of carbonyl (C=O) groups excluding carboxylic acids is 1. The van der Waals surface area contributed by atoms with Crippen molar-refractivity contribution in [3.63, 3.8) is 0 Å². The summed E-state index contributed by atoms with van der Waals surface area (Å²) in [5.41, 5.74) is 2.67. The van der Waals surface area contributed by atoms with Crippen molar-refractivity contribution in [2.24, 2.45) is 0 Å². The average molecular weight is 335 g/mol. The fourth-order valence-corrected chi connectivity index (χ4v) is 2.05. The molecule has 3 heterocycles. The van der Waals surface area contributed by atoms with E-state index in [0.29, 0.717) is 11.6 Å². The van der Waals surface area contributed by atoms with Crippen molar-refractivity contribution in [3.05, 3.63) is 71.7 Å². The summed E-state index contributed by atoms with van der Waals surface area (Å²) in [5, 5.41) is 2.79. The van der Waals surface area contributed by atoms with Crippen molar-refractivity contribution in [2.45, 2.75) is 20.4 Å². The Hall–Kier alpha value is -3.35. The lowest BCUT2D eigenvalue weighted by molar-refractivity contribution is 0.0945. The van der Waals surface area contributed by atoms with Crippen molar-refractivity contribution in [1.29, 1.82) is 0 Å². The Kier molecular flexibility index (Phi) is 4.94.